The van der Waals surface area contributed by atoms with Crippen LogP contribution in [0.15, 0.2) is 60.7 Å². The molecular weight excluding hydrogens is 296 g/mol. The maximum Gasteiger partial charge on any atom is 0.227 e. The molecule has 5 heteroatoms. The van der Waals surface area contributed by atoms with Crippen LogP contribution < -0.4 is 5.84 Å². The van der Waals surface area contributed by atoms with Gasteiger partial charge < -0.3 is 0 Å². The molecule has 0 amide bonds. The molecular formula is C17H20N2O2S. The number of hydrogen-bond acceptors (Lipinski definition) is 3. The van der Waals surface area contributed by atoms with Crippen molar-refractivity contribution in [3.8, 4) is 0 Å². The first-order chi connectivity index (χ1) is 10.5. The second kappa shape index (κ2) is 5.83. The van der Waals surface area contributed by atoms with Crippen molar-refractivity contribution < 1.29 is 8.42 Å². The number of nitrogens with zero attached hydrogens (tertiary/aromatic N) is 1. The fourth-order valence-corrected chi connectivity index (χ4v) is 4.81. The summed E-state index contributed by atoms with van der Waals surface area (Å²) in [6, 6.07) is 19.9. The zero-order chi connectivity index (χ0) is 15.6. The molecule has 0 saturated carbocycles. The van der Waals surface area contributed by atoms with E-state index in [1.807, 2.05) is 60.7 Å². The van der Waals surface area contributed by atoms with Gasteiger partial charge in [0.25, 0.3) is 0 Å². The van der Waals surface area contributed by atoms with E-state index in [9.17, 15) is 8.42 Å². The van der Waals surface area contributed by atoms with E-state index in [4.69, 9.17) is 5.84 Å². The molecule has 0 bridgehead atoms. The van der Waals surface area contributed by atoms with Gasteiger partial charge in [-0.3, -0.25) is 5.84 Å². The molecule has 2 aromatic carbocycles. The molecule has 4 nitrogen and oxygen atoms in total. The molecule has 1 heterocycles. The summed E-state index contributed by atoms with van der Waals surface area (Å²) in [5.41, 5.74) is 1.62. The monoisotopic (exact) mass is 316 g/mol. The number of benzene rings is 2. The van der Waals surface area contributed by atoms with Gasteiger partial charge in [-0.1, -0.05) is 60.7 Å². The fourth-order valence-electron chi connectivity index (χ4n) is 3.17. The predicted molar refractivity (Wildman–Crippen MR) is 87.5 cm³/mol. The topological polar surface area (TPSA) is 63.4 Å². The third-order valence-electron chi connectivity index (χ3n) is 4.34. The molecule has 0 atom stereocenters. The van der Waals surface area contributed by atoms with Crippen LogP contribution in [0.25, 0.3) is 0 Å². The van der Waals surface area contributed by atoms with Crippen molar-refractivity contribution in [2.45, 2.75) is 24.8 Å². The molecule has 1 fully saturated rings. The van der Waals surface area contributed by atoms with E-state index in [1.54, 1.807) is 0 Å². The summed E-state index contributed by atoms with van der Waals surface area (Å²) in [5, 5.41) is 0. The number of hydrazine groups is 1. The van der Waals surface area contributed by atoms with Crippen molar-refractivity contribution in [2.24, 2.45) is 5.84 Å². The Bertz CT molecular complexity index is 688. The van der Waals surface area contributed by atoms with Crippen molar-refractivity contribution in [1.29, 1.82) is 0 Å². The summed E-state index contributed by atoms with van der Waals surface area (Å²) in [7, 11) is -3.36. The van der Waals surface area contributed by atoms with Gasteiger partial charge in [0.05, 0.1) is 11.3 Å². The Kier molecular flexibility index (Phi) is 4.04. The molecule has 0 aromatic heterocycles. The smallest absolute Gasteiger partial charge is 0.227 e. The summed E-state index contributed by atoms with van der Waals surface area (Å²) in [6.45, 7) is 0. The minimum atomic E-state index is -3.36. The van der Waals surface area contributed by atoms with Crippen molar-refractivity contribution in [1.82, 2.24) is 4.41 Å². The minimum absolute atomic E-state index is 0.114. The van der Waals surface area contributed by atoms with Crippen molar-refractivity contribution in [2.75, 3.05) is 5.75 Å². The van der Waals surface area contributed by atoms with Crippen molar-refractivity contribution >= 4 is 10.0 Å². The third-order valence-corrected chi connectivity index (χ3v) is 6.05. The van der Waals surface area contributed by atoms with Crippen LogP contribution in [0.3, 0.4) is 0 Å². The summed E-state index contributed by atoms with van der Waals surface area (Å²) in [5.74, 6) is 6.15. The molecule has 2 aromatic rings. The van der Waals surface area contributed by atoms with Crippen LogP contribution in [0, 0.1) is 0 Å². The van der Waals surface area contributed by atoms with Gasteiger partial charge in [-0.25, -0.2) is 8.42 Å². The van der Waals surface area contributed by atoms with Gasteiger partial charge in [-0.15, -0.1) is 4.41 Å². The van der Waals surface area contributed by atoms with E-state index in [0.29, 0.717) is 19.3 Å². The molecule has 0 unspecified atom stereocenters. The number of rotatable bonds is 4. The van der Waals surface area contributed by atoms with Gasteiger partial charge in [-0.2, -0.15) is 0 Å². The Morgan fingerprint density at radius 3 is 1.73 bits per heavy atom. The van der Waals surface area contributed by atoms with Crippen LogP contribution in [0.5, 0.6) is 0 Å². The molecule has 22 heavy (non-hydrogen) atoms. The average Bonchev–Trinajstić information content (AvgIpc) is 2.74. The SMILES string of the molecule is NN1C(Cc2ccccc2)(Cc2ccccc2)CCS1(=O)=O. The number of sulfonamides is 1. The van der Waals surface area contributed by atoms with Crippen molar-refractivity contribution in [3.05, 3.63) is 71.8 Å². The van der Waals surface area contributed by atoms with Crippen LogP contribution >= 0.6 is 0 Å². The highest BCUT2D eigenvalue weighted by molar-refractivity contribution is 7.89. The second-order valence-corrected chi connectivity index (χ2v) is 7.88. The third kappa shape index (κ3) is 2.92. The van der Waals surface area contributed by atoms with E-state index < -0.39 is 15.6 Å². The standard InChI is InChI=1S/C17H20N2O2S/c18-19-17(11-12-22(19,20)21,13-15-7-3-1-4-8-15)14-16-9-5-2-6-10-16/h1-10H,11-14,18H2. The Labute approximate surface area is 131 Å². The summed E-state index contributed by atoms with van der Waals surface area (Å²) < 4.78 is 25.4. The summed E-state index contributed by atoms with van der Waals surface area (Å²) in [4.78, 5) is 0. The summed E-state index contributed by atoms with van der Waals surface area (Å²) >= 11 is 0. The Morgan fingerprint density at radius 1 is 0.909 bits per heavy atom. The molecule has 2 N–H and O–H groups in total. The zero-order valence-corrected chi connectivity index (χ0v) is 13.2. The first-order valence-electron chi connectivity index (χ1n) is 7.38. The van der Waals surface area contributed by atoms with Crippen LogP contribution in [0.1, 0.15) is 17.5 Å². The Morgan fingerprint density at radius 2 is 1.36 bits per heavy atom. The maximum absolute atomic E-state index is 12.2. The van der Waals surface area contributed by atoms with E-state index in [2.05, 4.69) is 0 Å². The molecule has 116 valence electrons. The van der Waals surface area contributed by atoms with E-state index in [-0.39, 0.29) is 5.75 Å². The van der Waals surface area contributed by atoms with Crippen molar-refractivity contribution in [3.63, 3.8) is 0 Å². The van der Waals surface area contributed by atoms with Crippen LogP contribution in [-0.4, -0.2) is 24.1 Å². The van der Waals surface area contributed by atoms with Crippen LogP contribution in [0.4, 0.5) is 0 Å². The molecule has 1 aliphatic rings. The molecule has 0 aliphatic carbocycles. The van der Waals surface area contributed by atoms with E-state index in [0.717, 1.165) is 15.5 Å². The molecule has 3 rings (SSSR count). The highest BCUT2D eigenvalue weighted by atomic mass is 32.2. The highest BCUT2D eigenvalue weighted by Crippen LogP contribution is 2.35. The lowest BCUT2D eigenvalue weighted by molar-refractivity contribution is 0.202. The van der Waals surface area contributed by atoms with Crippen LogP contribution in [0.2, 0.25) is 0 Å². The Balaban J connectivity index is 1.96. The number of hydrogen-bond donors (Lipinski definition) is 1. The summed E-state index contributed by atoms with van der Waals surface area (Å²) in [6.07, 6.45) is 1.80. The molecule has 1 saturated heterocycles. The molecule has 0 spiro atoms. The Hall–Kier alpha value is -1.69. The first kappa shape index (κ1) is 15.2. The lowest BCUT2D eigenvalue weighted by Crippen LogP contribution is -2.53. The van der Waals surface area contributed by atoms with Gasteiger partial charge in [0.15, 0.2) is 0 Å². The van der Waals surface area contributed by atoms with Gasteiger partial charge in [0.1, 0.15) is 0 Å². The lowest BCUT2D eigenvalue weighted by Gasteiger charge is -2.34. The lowest BCUT2D eigenvalue weighted by atomic mass is 9.83. The largest absolute Gasteiger partial charge is 0.254 e. The average molecular weight is 316 g/mol. The second-order valence-electron chi connectivity index (χ2n) is 5.91. The first-order valence-corrected chi connectivity index (χ1v) is 8.98. The van der Waals surface area contributed by atoms with Gasteiger partial charge in [-0.05, 0) is 30.4 Å². The quantitative estimate of drug-likeness (QED) is 0.879. The highest BCUT2D eigenvalue weighted by Gasteiger charge is 2.48. The normalized spacial score (nSPS) is 20.0. The molecule has 0 radical (unpaired) electrons. The van der Waals surface area contributed by atoms with Gasteiger partial charge in [0.2, 0.25) is 10.0 Å². The van der Waals surface area contributed by atoms with Gasteiger partial charge >= 0.3 is 0 Å². The van der Waals surface area contributed by atoms with E-state index >= 15 is 0 Å². The van der Waals surface area contributed by atoms with E-state index in [1.165, 1.54) is 0 Å². The number of nitrogens with two attached hydrogens (primary N) is 1. The minimum Gasteiger partial charge on any atom is -0.254 e. The van der Waals surface area contributed by atoms with Gasteiger partial charge in [0, 0.05) is 0 Å². The molecule has 1 aliphatic heterocycles. The predicted octanol–water partition coefficient (Wildman–Crippen LogP) is 2.12. The zero-order valence-electron chi connectivity index (χ0n) is 12.4. The maximum atomic E-state index is 12.2. The van der Waals surface area contributed by atoms with Crippen LogP contribution in [-0.2, 0) is 22.9 Å². The fraction of sp³-hybridized carbons (Fsp3) is 0.294.